The molecule has 1 fully saturated rings. The average Bonchev–Trinajstić information content (AvgIpc) is 2.44. The van der Waals surface area contributed by atoms with Crippen molar-refractivity contribution < 1.29 is 13.2 Å². The molecule has 0 bridgehead atoms. The van der Waals surface area contributed by atoms with Gasteiger partial charge in [-0.3, -0.25) is 4.90 Å². The smallest absolute Gasteiger partial charge is 0.161 e. The van der Waals surface area contributed by atoms with Crippen molar-refractivity contribution in [3.8, 4) is 0 Å². The van der Waals surface area contributed by atoms with Crippen molar-refractivity contribution in [2.45, 2.75) is 45.3 Å². The lowest BCUT2D eigenvalue weighted by molar-refractivity contribution is 0.116. The Morgan fingerprint density at radius 2 is 1.80 bits per heavy atom. The van der Waals surface area contributed by atoms with Crippen LogP contribution in [-0.2, 0) is 6.54 Å². The lowest BCUT2D eigenvalue weighted by Gasteiger charge is -2.40. The molecule has 1 saturated heterocycles. The number of benzene rings is 1. The van der Waals surface area contributed by atoms with Crippen molar-refractivity contribution in [3.05, 3.63) is 35.1 Å². The predicted octanol–water partition coefficient (Wildman–Crippen LogP) is 3.07. The van der Waals surface area contributed by atoms with Gasteiger partial charge in [-0.15, -0.1) is 0 Å². The molecule has 20 heavy (non-hydrogen) atoms. The Hall–Kier alpha value is -1.07. The molecule has 1 aliphatic rings. The van der Waals surface area contributed by atoms with Crippen LogP contribution in [-0.4, -0.2) is 30.1 Å². The highest BCUT2D eigenvalue weighted by Crippen LogP contribution is 2.20. The zero-order valence-corrected chi connectivity index (χ0v) is 11.9. The topological polar surface area (TPSA) is 15.3 Å². The minimum Gasteiger partial charge on any atom is -0.311 e. The summed E-state index contributed by atoms with van der Waals surface area (Å²) in [6.07, 6.45) is 1.93. The molecule has 0 aliphatic carbocycles. The summed E-state index contributed by atoms with van der Waals surface area (Å²) in [5.41, 5.74) is 0.221. The summed E-state index contributed by atoms with van der Waals surface area (Å²) in [5.74, 6) is -2.80. The van der Waals surface area contributed by atoms with Crippen LogP contribution < -0.4 is 5.32 Å². The van der Waals surface area contributed by atoms with Gasteiger partial charge in [0.25, 0.3) is 0 Å². The Morgan fingerprint density at radius 1 is 1.10 bits per heavy atom. The van der Waals surface area contributed by atoms with Crippen LogP contribution in [0.4, 0.5) is 13.2 Å². The Balaban J connectivity index is 2.15. The number of nitrogens with one attached hydrogen (secondary N) is 1. The summed E-state index contributed by atoms with van der Waals surface area (Å²) < 4.78 is 40.0. The van der Waals surface area contributed by atoms with Crippen molar-refractivity contribution in [3.63, 3.8) is 0 Å². The summed E-state index contributed by atoms with van der Waals surface area (Å²) >= 11 is 0. The molecule has 5 heteroatoms. The van der Waals surface area contributed by atoms with E-state index in [1.54, 1.807) is 0 Å². The van der Waals surface area contributed by atoms with Crippen molar-refractivity contribution in [2.75, 3.05) is 13.1 Å². The van der Waals surface area contributed by atoms with Gasteiger partial charge in [0.05, 0.1) is 0 Å². The third-order valence-electron chi connectivity index (χ3n) is 4.04. The lowest BCUT2D eigenvalue weighted by Crippen LogP contribution is -2.55. The maximum atomic E-state index is 13.7. The highest BCUT2D eigenvalue weighted by molar-refractivity contribution is 5.20. The van der Waals surface area contributed by atoms with Gasteiger partial charge in [-0.2, -0.15) is 0 Å². The van der Waals surface area contributed by atoms with Crippen molar-refractivity contribution in [1.29, 1.82) is 0 Å². The molecule has 2 rings (SSSR count). The van der Waals surface area contributed by atoms with Gasteiger partial charge in [0.15, 0.2) is 11.6 Å². The zero-order chi connectivity index (χ0) is 14.7. The van der Waals surface area contributed by atoms with Crippen LogP contribution in [0.2, 0.25) is 0 Å². The van der Waals surface area contributed by atoms with Gasteiger partial charge in [0.1, 0.15) is 5.82 Å². The van der Waals surface area contributed by atoms with Crippen LogP contribution in [0.25, 0.3) is 0 Å². The zero-order valence-electron chi connectivity index (χ0n) is 11.9. The molecule has 1 heterocycles. The SMILES string of the molecule is CCC1CN(Cc2cc(F)c(F)cc2F)C(CC)CN1. The number of halogens is 3. The molecule has 0 radical (unpaired) electrons. The van der Waals surface area contributed by atoms with E-state index in [4.69, 9.17) is 0 Å². The van der Waals surface area contributed by atoms with E-state index < -0.39 is 17.5 Å². The maximum absolute atomic E-state index is 13.7. The average molecular weight is 286 g/mol. The van der Waals surface area contributed by atoms with E-state index in [0.29, 0.717) is 24.7 Å². The standard InChI is InChI=1S/C15H21F3N2/c1-3-11-9-20(12(4-2)7-19-11)8-10-5-14(17)15(18)6-13(10)16/h5-6,11-12,19H,3-4,7-9H2,1-2H3. The Labute approximate surface area is 118 Å². The highest BCUT2D eigenvalue weighted by atomic mass is 19.2. The van der Waals surface area contributed by atoms with E-state index in [9.17, 15) is 13.2 Å². The summed E-state index contributed by atoms with van der Waals surface area (Å²) in [7, 11) is 0. The second kappa shape index (κ2) is 6.59. The van der Waals surface area contributed by atoms with E-state index in [1.807, 2.05) is 0 Å². The molecule has 1 aromatic rings. The first-order valence-electron chi connectivity index (χ1n) is 7.16. The first kappa shape index (κ1) is 15.3. The van der Waals surface area contributed by atoms with Gasteiger partial charge in [0.2, 0.25) is 0 Å². The first-order chi connectivity index (χ1) is 9.55. The number of piperazine rings is 1. The second-order valence-corrected chi connectivity index (χ2v) is 5.36. The highest BCUT2D eigenvalue weighted by Gasteiger charge is 2.26. The van der Waals surface area contributed by atoms with Gasteiger partial charge in [-0.1, -0.05) is 13.8 Å². The molecule has 0 aromatic heterocycles. The first-order valence-corrected chi connectivity index (χ1v) is 7.16. The molecular formula is C15H21F3N2. The molecule has 1 aliphatic heterocycles. The van der Waals surface area contributed by atoms with Gasteiger partial charge in [0, 0.05) is 43.3 Å². The minimum absolute atomic E-state index is 0.221. The fourth-order valence-electron chi connectivity index (χ4n) is 2.70. The van der Waals surface area contributed by atoms with Crippen LogP contribution >= 0.6 is 0 Å². The van der Waals surface area contributed by atoms with Crippen molar-refractivity contribution >= 4 is 0 Å². The lowest BCUT2D eigenvalue weighted by atomic mass is 10.0. The van der Waals surface area contributed by atoms with Crippen molar-refractivity contribution in [1.82, 2.24) is 10.2 Å². The number of nitrogens with zero attached hydrogens (tertiary/aromatic N) is 1. The summed E-state index contributed by atoms with van der Waals surface area (Å²) in [6, 6.07) is 2.27. The van der Waals surface area contributed by atoms with Crippen LogP contribution in [0.15, 0.2) is 12.1 Å². The van der Waals surface area contributed by atoms with Crippen LogP contribution in [0, 0.1) is 17.5 Å². The Morgan fingerprint density at radius 3 is 2.45 bits per heavy atom. The van der Waals surface area contributed by atoms with E-state index >= 15 is 0 Å². The van der Waals surface area contributed by atoms with Gasteiger partial charge in [-0.05, 0) is 18.9 Å². The van der Waals surface area contributed by atoms with Gasteiger partial charge < -0.3 is 5.32 Å². The van der Waals surface area contributed by atoms with E-state index in [0.717, 1.165) is 32.0 Å². The third-order valence-corrected chi connectivity index (χ3v) is 4.04. The number of hydrogen-bond donors (Lipinski definition) is 1. The monoisotopic (exact) mass is 286 g/mol. The normalized spacial score (nSPS) is 24.1. The second-order valence-electron chi connectivity index (χ2n) is 5.36. The van der Waals surface area contributed by atoms with Crippen LogP contribution in [0.5, 0.6) is 0 Å². The number of hydrogen-bond acceptors (Lipinski definition) is 2. The molecule has 1 aromatic carbocycles. The molecule has 1 N–H and O–H groups in total. The largest absolute Gasteiger partial charge is 0.311 e. The Bertz CT molecular complexity index is 465. The van der Waals surface area contributed by atoms with Crippen LogP contribution in [0.3, 0.4) is 0 Å². The molecular weight excluding hydrogens is 265 g/mol. The van der Waals surface area contributed by atoms with E-state index in [-0.39, 0.29) is 5.56 Å². The molecule has 0 amide bonds. The quantitative estimate of drug-likeness (QED) is 0.856. The van der Waals surface area contributed by atoms with E-state index in [1.165, 1.54) is 0 Å². The third kappa shape index (κ3) is 3.33. The molecule has 2 atom stereocenters. The Kier molecular flexibility index (Phi) is 5.05. The predicted molar refractivity (Wildman–Crippen MR) is 72.9 cm³/mol. The minimum atomic E-state index is -1.13. The number of rotatable bonds is 4. The van der Waals surface area contributed by atoms with Gasteiger partial charge >= 0.3 is 0 Å². The summed E-state index contributed by atoms with van der Waals surface area (Å²) in [4.78, 5) is 2.15. The van der Waals surface area contributed by atoms with Crippen molar-refractivity contribution in [2.24, 2.45) is 0 Å². The maximum Gasteiger partial charge on any atom is 0.161 e. The fraction of sp³-hybridized carbons (Fsp3) is 0.600. The molecule has 0 spiro atoms. The summed E-state index contributed by atoms with van der Waals surface area (Å²) in [5, 5.41) is 3.45. The summed E-state index contributed by atoms with van der Waals surface area (Å²) in [6.45, 7) is 6.14. The molecule has 112 valence electrons. The fourth-order valence-corrected chi connectivity index (χ4v) is 2.70. The molecule has 2 unspecified atom stereocenters. The van der Waals surface area contributed by atoms with Crippen LogP contribution in [0.1, 0.15) is 32.3 Å². The van der Waals surface area contributed by atoms with E-state index in [2.05, 4.69) is 24.1 Å². The van der Waals surface area contributed by atoms with Gasteiger partial charge in [-0.25, -0.2) is 13.2 Å². The molecule has 0 saturated carbocycles. The molecule has 2 nitrogen and oxygen atoms in total.